The molecule has 2 aromatic carbocycles. The van der Waals surface area contributed by atoms with Gasteiger partial charge in [-0.1, -0.05) is 24.3 Å². The van der Waals surface area contributed by atoms with Crippen LogP contribution in [-0.2, 0) is 14.8 Å². The lowest BCUT2D eigenvalue weighted by molar-refractivity contribution is -0.126. The second kappa shape index (κ2) is 8.02. The Labute approximate surface area is 158 Å². The molecular weight excluding hydrogens is 367 g/mol. The lowest BCUT2D eigenvalue weighted by atomic mass is 10.0. The van der Waals surface area contributed by atoms with E-state index in [1.807, 2.05) is 0 Å². The summed E-state index contributed by atoms with van der Waals surface area (Å²) >= 11 is 0. The summed E-state index contributed by atoms with van der Waals surface area (Å²) in [5.41, 5.74) is 1.66. The number of amides is 1. The van der Waals surface area contributed by atoms with Gasteiger partial charge in [0.1, 0.15) is 5.82 Å². The van der Waals surface area contributed by atoms with E-state index in [0.29, 0.717) is 6.54 Å². The highest BCUT2D eigenvalue weighted by Gasteiger charge is 2.28. The molecule has 1 amide bonds. The maximum atomic E-state index is 13.1. The molecule has 1 aliphatic rings. The molecule has 1 unspecified atom stereocenters. The van der Waals surface area contributed by atoms with Crippen LogP contribution >= 0.6 is 0 Å². The van der Waals surface area contributed by atoms with Crippen LogP contribution in [0.4, 0.5) is 4.39 Å². The summed E-state index contributed by atoms with van der Waals surface area (Å²) in [5.74, 6) is -0.410. The summed E-state index contributed by atoms with van der Waals surface area (Å²) in [6, 6.07) is 12.5. The van der Waals surface area contributed by atoms with E-state index in [4.69, 9.17) is 0 Å². The van der Waals surface area contributed by atoms with Gasteiger partial charge in [0.25, 0.3) is 0 Å². The maximum absolute atomic E-state index is 13.1. The molecule has 1 N–H and O–H groups in total. The predicted molar refractivity (Wildman–Crippen MR) is 102 cm³/mol. The third-order valence-electron chi connectivity index (χ3n) is 4.67. The number of nitrogens with zero attached hydrogens (tertiary/aromatic N) is 1. The predicted octanol–water partition coefficient (Wildman–Crippen LogP) is 3.11. The normalized spacial score (nSPS) is 17.6. The number of carbonyl (C=O) groups is 1. The van der Waals surface area contributed by atoms with Crippen LogP contribution in [-0.4, -0.2) is 32.8 Å². The lowest BCUT2D eigenvalue weighted by Gasteiger charge is -2.23. The number of halogens is 1. The molecule has 1 saturated heterocycles. The second-order valence-corrected chi connectivity index (χ2v) is 8.24. The summed E-state index contributed by atoms with van der Waals surface area (Å²) in [6.45, 7) is 0.657. The summed E-state index contributed by atoms with van der Waals surface area (Å²) in [5, 5.41) is 0. The Hall–Kier alpha value is -2.51. The van der Waals surface area contributed by atoms with Gasteiger partial charge >= 0.3 is 0 Å². The molecule has 0 bridgehead atoms. The largest absolute Gasteiger partial charge is 0.332 e. The van der Waals surface area contributed by atoms with Gasteiger partial charge in [-0.15, -0.1) is 0 Å². The van der Waals surface area contributed by atoms with Crippen molar-refractivity contribution in [1.82, 2.24) is 9.62 Å². The van der Waals surface area contributed by atoms with Gasteiger partial charge in [0.05, 0.1) is 10.9 Å². The molecule has 7 heteroatoms. The van der Waals surface area contributed by atoms with Crippen molar-refractivity contribution in [2.24, 2.45) is 0 Å². The van der Waals surface area contributed by atoms with Gasteiger partial charge in [-0.2, -0.15) is 0 Å². The first-order valence-corrected chi connectivity index (χ1v) is 10.2. The van der Waals surface area contributed by atoms with Crippen molar-refractivity contribution < 1.29 is 17.6 Å². The molecule has 0 spiro atoms. The monoisotopic (exact) mass is 388 g/mol. The molecule has 0 radical (unpaired) electrons. The highest BCUT2D eigenvalue weighted by Crippen LogP contribution is 2.32. The van der Waals surface area contributed by atoms with Crippen molar-refractivity contribution >= 4 is 22.0 Å². The molecular formula is C20H21FN2O3S. The Morgan fingerprint density at radius 1 is 1.15 bits per heavy atom. The fourth-order valence-electron chi connectivity index (χ4n) is 3.20. The molecule has 5 nitrogen and oxygen atoms in total. The average molecular weight is 388 g/mol. The number of likely N-dealkylation sites (tertiary alicyclic amines) is 1. The fraction of sp³-hybridized carbons (Fsp3) is 0.250. The van der Waals surface area contributed by atoms with Gasteiger partial charge in [0, 0.05) is 12.6 Å². The molecule has 3 rings (SSSR count). The quantitative estimate of drug-likeness (QED) is 0.801. The number of hydrogen-bond donors (Lipinski definition) is 1. The average Bonchev–Trinajstić information content (AvgIpc) is 3.17. The zero-order valence-corrected chi connectivity index (χ0v) is 15.7. The second-order valence-electron chi connectivity index (χ2n) is 6.35. The van der Waals surface area contributed by atoms with E-state index in [1.54, 1.807) is 35.2 Å². The summed E-state index contributed by atoms with van der Waals surface area (Å²) in [6.07, 6.45) is 4.90. The van der Waals surface area contributed by atoms with Crippen LogP contribution < -0.4 is 4.72 Å². The number of rotatable bonds is 5. The van der Waals surface area contributed by atoms with Gasteiger partial charge in [0.15, 0.2) is 0 Å². The Bertz CT molecular complexity index is 938. The lowest BCUT2D eigenvalue weighted by Crippen LogP contribution is -2.28. The molecule has 1 aliphatic heterocycles. The van der Waals surface area contributed by atoms with Gasteiger partial charge in [-0.25, -0.2) is 17.5 Å². The fourth-order valence-corrected chi connectivity index (χ4v) is 3.93. The van der Waals surface area contributed by atoms with Crippen molar-refractivity contribution in [3.8, 4) is 0 Å². The van der Waals surface area contributed by atoms with Crippen LogP contribution in [0.1, 0.15) is 30.0 Å². The van der Waals surface area contributed by atoms with Crippen molar-refractivity contribution in [3.63, 3.8) is 0 Å². The number of benzene rings is 2. The minimum atomic E-state index is -3.48. The maximum Gasteiger partial charge on any atom is 0.247 e. The molecule has 1 fully saturated rings. The molecule has 1 atom stereocenters. The number of hydrogen-bond acceptors (Lipinski definition) is 3. The molecule has 0 aliphatic carbocycles. The Morgan fingerprint density at radius 2 is 1.81 bits per heavy atom. The summed E-state index contributed by atoms with van der Waals surface area (Å²) in [7, 11) is -2.12. The molecule has 0 saturated carbocycles. The van der Waals surface area contributed by atoms with E-state index in [-0.39, 0.29) is 22.7 Å². The van der Waals surface area contributed by atoms with Crippen molar-refractivity contribution in [1.29, 1.82) is 0 Å². The van der Waals surface area contributed by atoms with E-state index in [1.165, 1.54) is 37.4 Å². The summed E-state index contributed by atoms with van der Waals surface area (Å²) < 4.78 is 38.8. The topological polar surface area (TPSA) is 66.5 Å². The Balaban J connectivity index is 1.71. The number of nitrogens with one attached hydrogen (secondary N) is 1. The highest BCUT2D eigenvalue weighted by atomic mass is 32.2. The highest BCUT2D eigenvalue weighted by molar-refractivity contribution is 7.89. The van der Waals surface area contributed by atoms with Gasteiger partial charge in [-0.3, -0.25) is 4.79 Å². The molecule has 27 heavy (non-hydrogen) atoms. The smallest absolute Gasteiger partial charge is 0.247 e. The third kappa shape index (κ3) is 4.43. The zero-order valence-electron chi connectivity index (χ0n) is 14.9. The molecule has 142 valence electrons. The van der Waals surface area contributed by atoms with Crippen molar-refractivity contribution in [3.05, 3.63) is 71.6 Å². The molecule has 1 heterocycles. The van der Waals surface area contributed by atoms with E-state index >= 15 is 0 Å². The van der Waals surface area contributed by atoms with E-state index in [9.17, 15) is 17.6 Å². The van der Waals surface area contributed by atoms with E-state index < -0.39 is 10.0 Å². The minimum Gasteiger partial charge on any atom is -0.332 e. The standard InChI is InChI=1S/C20H21FN2O3S/c1-22-27(25,26)18-11-4-15(5-12-18)6-13-20(24)23-14-2-3-19(23)16-7-9-17(21)10-8-16/h4-13,19,22H,2-3,14H2,1H3/b13-6+. The molecule has 2 aromatic rings. The van der Waals surface area contributed by atoms with Crippen molar-refractivity contribution in [2.75, 3.05) is 13.6 Å². The van der Waals surface area contributed by atoms with Crippen LogP contribution in [0.5, 0.6) is 0 Å². The first-order valence-electron chi connectivity index (χ1n) is 8.68. The van der Waals surface area contributed by atoms with Crippen LogP contribution in [0.15, 0.2) is 59.5 Å². The van der Waals surface area contributed by atoms with Gasteiger partial charge in [0.2, 0.25) is 15.9 Å². The zero-order chi connectivity index (χ0) is 19.4. The van der Waals surface area contributed by atoms with E-state index in [2.05, 4.69) is 4.72 Å². The van der Waals surface area contributed by atoms with Gasteiger partial charge in [-0.05, 0) is 61.4 Å². The van der Waals surface area contributed by atoms with Crippen LogP contribution in [0.25, 0.3) is 6.08 Å². The minimum absolute atomic E-state index is 0.0501. The number of carbonyl (C=O) groups excluding carboxylic acids is 1. The summed E-state index contributed by atoms with van der Waals surface area (Å²) in [4.78, 5) is 14.6. The third-order valence-corrected chi connectivity index (χ3v) is 6.10. The van der Waals surface area contributed by atoms with Crippen LogP contribution in [0.3, 0.4) is 0 Å². The molecule has 0 aromatic heterocycles. The Morgan fingerprint density at radius 3 is 2.44 bits per heavy atom. The van der Waals surface area contributed by atoms with Gasteiger partial charge < -0.3 is 4.90 Å². The van der Waals surface area contributed by atoms with Crippen LogP contribution in [0, 0.1) is 5.82 Å². The first-order chi connectivity index (χ1) is 12.9. The first kappa shape index (κ1) is 19.3. The Kier molecular flexibility index (Phi) is 5.72. The van der Waals surface area contributed by atoms with E-state index in [0.717, 1.165) is 24.0 Å². The number of sulfonamides is 1. The van der Waals surface area contributed by atoms with Crippen LogP contribution in [0.2, 0.25) is 0 Å². The SMILES string of the molecule is CNS(=O)(=O)c1ccc(/C=C/C(=O)N2CCCC2c2ccc(F)cc2)cc1. The van der Waals surface area contributed by atoms with Crippen molar-refractivity contribution in [2.45, 2.75) is 23.8 Å².